The Morgan fingerprint density at radius 1 is 1.22 bits per heavy atom. The molecule has 18 heavy (non-hydrogen) atoms. The molecule has 2 heterocycles. The van der Waals surface area contributed by atoms with E-state index in [1.807, 2.05) is 0 Å². The Bertz CT molecular complexity index is 328. The molecule has 0 spiro atoms. The molecule has 0 bridgehead atoms. The van der Waals surface area contributed by atoms with Crippen LogP contribution >= 0.6 is 0 Å². The maximum Gasteiger partial charge on any atom is 0.326 e. The summed E-state index contributed by atoms with van der Waals surface area (Å²) in [6, 6.07) is -0.897. The van der Waals surface area contributed by atoms with Gasteiger partial charge in [-0.05, 0) is 19.3 Å². The maximum atomic E-state index is 12.3. The van der Waals surface area contributed by atoms with Crippen LogP contribution in [0.2, 0.25) is 0 Å². The van der Waals surface area contributed by atoms with E-state index >= 15 is 0 Å². The van der Waals surface area contributed by atoms with Gasteiger partial charge in [-0.2, -0.15) is 0 Å². The highest BCUT2D eigenvalue weighted by atomic mass is 16.5. The van der Waals surface area contributed by atoms with Gasteiger partial charge in [0.25, 0.3) is 0 Å². The fraction of sp³-hybridized carbons (Fsp3) is 0.833. The predicted molar refractivity (Wildman–Crippen MR) is 64.4 cm³/mol. The summed E-state index contributed by atoms with van der Waals surface area (Å²) < 4.78 is 5.18. The van der Waals surface area contributed by atoms with E-state index in [1.165, 1.54) is 4.90 Å². The molecule has 0 aromatic rings. The molecular formula is C12H20N2O4. The number of carboxylic acids is 1. The first kappa shape index (κ1) is 13.1. The number of likely N-dealkylation sites (tertiary alicyclic amines) is 2. The number of nitrogens with zero attached hydrogens (tertiary/aromatic N) is 2. The Balaban J connectivity index is 2.04. The van der Waals surface area contributed by atoms with Crippen LogP contribution in [-0.2, 0) is 9.53 Å². The Hall–Kier alpha value is -1.30. The third-order valence-electron chi connectivity index (χ3n) is 3.75. The van der Waals surface area contributed by atoms with E-state index < -0.39 is 12.0 Å². The molecule has 2 aliphatic heterocycles. The highest BCUT2D eigenvalue weighted by Gasteiger charge is 2.41. The minimum absolute atomic E-state index is 0.151. The molecular weight excluding hydrogens is 236 g/mol. The Morgan fingerprint density at radius 2 is 1.89 bits per heavy atom. The standard InChI is InChI=1S/C12H20N2O4/c1-18-9-7-10(11(15)16)14(8-9)12(17)13-5-3-2-4-6-13/h9-10H,2-8H2,1H3,(H,15,16). The number of hydrogen-bond donors (Lipinski definition) is 1. The van der Waals surface area contributed by atoms with Gasteiger partial charge < -0.3 is 19.6 Å². The summed E-state index contributed by atoms with van der Waals surface area (Å²) in [5.41, 5.74) is 0. The van der Waals surface area contributed by atoms with Crippen molar-refractivity contribution < 1.29 is 19.4 Å². The monoisotopic (exact) mass is 256 g/mol. The fourth-order valence-corrected chi connectivity index (χ4v) is 2.68. The van der Waals surface area contributed by atoms with Crippen molar-refractivity contribution in [2.24, 2.45) is 0 Å². The number of carbonyl (C=O) groups is 2. The molecule has 2 rings (SSSR count). The van der Waals surface area contributed by atoms with Crippen molar-refractivity contribution >= 4 is 12.0 Å². The molecule has 2 aliphatic rings. The van der Waals surface area contributed by atoms with Gasteiger partial charge in [-0.25, -0.2) is 9.59 Å². The molecule has 0 aromatic carbocycles. The number of rotatable bonds is 2. The van der Waals surface area contributed by atoms with Crippen molar-refractivity contribution in [1.29, 1.82) is 0 Å². The van der Waals surface area contributed by atoms with Crippen molar-refractivity contribution in [1.82, 2.24) is 9.80 Å². The number of amides is 2. The van der Waals surface area contributed by atoms with Crippen LogP contribution in [0.3, 0.4) is 0 Å². The highest BCUT2D eigenvalue weighted by Crippen LogP contribution is 2.23. The summed E-state index contributed by atoms with van der Waals surface area (Å²) >= 11 is 0. The zero-order valence-electron chi connectivity index (χ0n) is 10.7. The van der Waals surface area contributed by atoms with Gasteiger partial charge in [0, 0.05) is 33.2 Å². The van der Waals surface area contributed by atoms with E-state index in [0.29, 0.717) is 13.0 Å². The van der Waals surface area contributed by atoms with Gasteiger partial charge in [0.05, 0.1) is 6.10 Å². The van der Waals surface area contributed by atoms with Crippen LogP contribution in [0.25, 0.3) is 0 Å². The minimum atomic E-state index is -0.945. The lowest BCUT2D eigenvalue weighted by Gasteiger charge is -2.32. The van der Waals surface area contributed by atoms with E-state index in [4.69, 9.17) is 4.74 Å². The van der Waals surface area contributed by atoms with Crippen molar-refractivity contribution in [3.8, 4) is 0 Å². The molecule has 0 aromatic heterocycles. The van der Waals surface area contributed by atoms with Crippen LogP contribution in [0.5, 0.6) is 0 Å². The Morgan fingerprint density at radius 3 is 2.44 bits per heavy atom. The SMILES string of the molecule is COC1CC(C(=O)O)N(C(=O)N2CCCCC2)C1. The number of methoxy groups -OCH3 is 1. The van der Waals surface area contributed by atoms with Crippen LogP contribution in [0, 0.1) is 0 Å². The van der Waals surface area contributed by atoms with Gasteiger partial charge in [-0.1, -0.05) is 0 Å². The molecule has 0 radical (unpaired) electrons. The second-order valence-corrected chi connectivity index (χ2v) is 4.93. The lowest BCUT2D eigenvalue weighted by atomic mass is 10.1. The molecule has 0 aliphatic carbocycles. The number of piperidine rings is 1. The largest absolute Gasteiger partial charge is 0.480 e. The third-order valence-corrected chi connectivity index (χ3v) is 3.75. The van der Waals surface area contributed by atoms with E-state index in [9.17, 15) is 14.7 Å². The van der Waals surface area contributed by atoms with E-state index in [-0.39, 0.29) is 12.1 Å². The van der Waals surface area contributed by atoms with E-state index in [0.717, 1.165) is 32.4 Å². The van der Waals surface area contributed by atoms with Crippen LogP contribution in [0.4, 0.5) is 4.79 Å². The summed E-state index contributed by atoms with van der Waals surface area (Å²) in [4.78, 5) is 26.7. The molecule has 102 valence electrons. The summed E-state index contributed by atoms with van der Waals surface area (Å²) in [6.45, 7) is 1.85. The van der Waals surface area contributed by atoms with Gasteiger partial charge in [-0.3, -0.25) is 0 Å². The van der Waals surface area contributed by atoms with Gasteiger partial charge >= 0.3 is 12.0 Å². The lowest BCUT2D eigenvalue weighted by Crippen LogP contribution is -2.49. The Labute approximate surface area is 106 Å². The molecule has 1 N–H and O–H groups in total. The number of aliphatic carboxylic acids is 1. The fourth-order valence-electron chi connectivity index (χ4n) is 2.68. The predicted octanol–water partition coefficient (Wildman–Crippen LogP) is 0.766. The van der Waals surface area contributed by atoms with Crippen molar-refractivity contribution in [2.45, 2.75) is 37.8 Å². The van der Waals surface area contributed by atoms with Gasteiger partial charge in [0.15, 0.2) is 0 Å². The molecule has 6 nitrogen and oxygen atoms in total. The van der Waals surface area contributed by atoms with Crippen LogP contribution < -0.4 is 0 Å². The average Bonchev–Trinajstić information content (AvgIpc) is 2.83. The summed E-state index contributed by atoms with van der Waals surface area (Å²) in [5.74, 6) is -0.945. The Kier molecular flexibility index (Phi) is 4.06. The van der Waals surface area contributed by atoms with E-state index in [2.05, 4.69) is 0 Å². The maximum absolute atomic E-state index is 12.3. The normalized spacial score (nSPS) is 28.5. The first-order valence-electron chi connectivity index (χ1n) is 6.44. The highest BCUT2D eigenvalue weighted by molar-refractivity contribution is 5.83. The lowest BCUT2D eigenvalue weighted by molar-refractivity contribution is -0.141. The number of ether oxygens (including phenoxy) is 1. The number of carbonyl (C=O) groups excluding carboxylic acids is 1. The van der Waals surface area contributed by atoms with Crippen LogP contribution in [-0.4, -0.2) is 65.8 Å². The van der Waals surface area contributed by atoms with E-state index in [1.54, 1.807) is 12.0 Å². The average molecular weight is 256 g/mol. The minimum Gasteiger partial charge on any atom is -0.480 e. The smallest absolute Gasteiger partial charge is 0.326 e. The number of carboxylic acid groups (broad SMARTS) is 1. The van der Waals surface area contributed by atoms with Crippen molar-refractivity contribution in [3.05, 3.63) is 0 Å². The summed E-state index contributed by atoms with van der Waals surface area (Å²) in [7, 11) is 1.55. The summed E-state index contributed by atoms with van der Waals surface area (Å²) in [5, 5.41) is 9.18. The molecule has 2 atom stereocenters. The van der Waals surface area contributed by atoms with Gasteiger partial charge in [-0.15, -0.1) is 0 Å². The first-order valence-corrected chi connectivity index (χ1v) is 6.44. The first-order chi connectivity index (χ1) is 8.63. The zero-order valence-corrected chi connectivity index (χ0v) is 10.7. The van der Waals surface area contributed by atoms with Gasteiger partial charge in [0.2, 0.25) is 0 Å². The molecule has 2 saturated heterocycles. The van der Waals surface area contributed by atoms with Crippen LogP contribution in [0.1, 0.15) is 25.7 Å². The summed E-state index contributed by atoms with van der Waals surface area (Å²) in [6.07, 6.45) is 3.37. The van der Waals surface area contributed by atoms with Crippen LogP contribution in [0.15, 0.2) is 0 Å². The molecule has 2 fully saturated rings. The topological polar surface area (TPSA) is 70.1 Å². The number of urea groups is 1. The van der Waals surface area contributed by atoms with Gasteiger partial charge in [0.1, 0.15) is 6.04 Å². The molecule has 0 saturated carbocycles. The second-order valence-electron chi connectivity index (χ2n) is 4.93. The zero-order chi connectivity index (χ0) is 13.1. The third kappa shape index (κ3) is 2.58. The number of hydrogen-bond acceptors (Lipinski definition) is 3. The van der Waals surface area contributed by atoms with Crippen molar-refractivity contribution in [3.63, 3.8) is 0 Å². The van der Waals surface area contributed by atoms with Crippen molar-refractivity contribution in [2.75, 3.05) is 26.7 Å². The molecule has 2 amide bonds. The second kappa shape index (κ2) is 5.56. The molecule has 6 heteroatoms. The molecule has 2 unspecified atom stereocenters. The quantitative estimate of drug-likeness (QED) is 0.792.